The molecule has 178 valence electrons. The minimum atomic E-state index is -0.197. The molecule has 1 saturated heterocycles. The van der Waals surface area contributed by atoms with Crippen molar-refractivity contribution in [1.29, 1.82) is 0 Å². The summed E-state index contributed by atoms with van der Waals surface area (Å²) in [6.07, 6.45) is 3.15. The van der Waals surface area contributed by atoms with Crippen molar-refractivity contribution in [2.45, 2.75) is 31.6 Å². The Morgan fingerprint density at radius 3 is 2.49 bits per heavy atom. The van der Waals surface area contributed by atoms with Crippen molar-refractivity contribution in [3.05, 3.63) is 93.1 Å². The minimum absolute atomic E-state index is 0.197. The van der Waals surface area contributed by atoms with Crippen LogP contribution < -0.4 is 5.32 Å². The largest absolute Gasteiger partial charge is 0.343 e. The molecule has 1 aliphatic heterocycles. The molecule has 0 bridgehead atoms. The number of aryl methyl sites for hydroxylation is 1. The van der Waals surface area contributed by atoms with Gasteiger partial charge in [0.25, 0.3) is 5.91 Å². The first-order valence-corrected chi connectivity index (χ1v) is 13.6. The number of benzene rings is 2. The number of amides is 2. The Bertz CT molecular complexity index is 1280. The fourth-order valence-corrected chi connectivity index (χ4v) is 6.13. The number of carbonyl (C=O) groups is 2. The van der Waals surface area contributed by atoms with Gasteiger partial charge in [0.1, 0.15) is 5.69 Å². The molecule has 35 heavy (non-hydrogen) atoms. The highest BCUT2D eigenvalue weighted by atomic mass is 32.1. The highest BCUT2D eigenvalue weighted by Crippen LogP contribution is 2.32. The number of nitrogens with one attached hydrogen (secondary N) is 1. The summed E-state index contributed by atoms with van der Waals surface area (Å²) in [5, 5.41) is 7.92. The molecule has 0 saturated carbocycles. The maximum atomic E-state index is 13.0. The fraction of sp³-hybridized carbons (Fsp3) is 0.250. The highest BCUT2D eigenvalue weighted by molar-refractivity contribution is 7.10. The summed E-state index contributed by atoms with van der Waals surface area (Å²) < 4.78 is 0. The van der Waals surface area contributed by atoms with E-state index in [0.717, 1.165) is 54.2 Å². The Labute approximate surface area is 213 Å². The molecule has 5 nitrogen and oxygen atoms in total. The topological polar surface area (TPSA) is 62.3 Å². The molecule has 0 aliphatic carbocycles. The predicted molar refractivity (Wildman–Crippen MR) is 143 cm³/mol. The zero-order valence-corrected chi connectivity index (χ0v) is 21.0. The fourth-order valence-electron chi connectivity index (χ4n) is 4.45. The number of hydrogen-bond acceptors (Lipinski definition) is 5. The zero-order chi connectivity index (χ0) is 24.0. The van der Waals surface area contributed by atoms with Crippen LogP contribution in [0.3, 0.4) is 0 Å². The molecule has 1 aliphatic rings. The van der Waals surface area contributed by atoms with Crippen molar-refractivity contribution in [1.82, 2.24) is 9.88 Å². The van der Waals surface area contributed by atoms with Crippen molar-refractivity contribution in [3.63, 3.8) is 0 Å². The molecule has 7 heteroatoms. The quantitative estimate of drug-likeness (QED) is 0.316. The summed E-state index contributed by atoms with van der Waals surface area (Å²) >= 11 is 3.24. The van der Waals surface area contributed by atoms with Crippen molar-refractivity contribution in [2.75, 3.05) is 18.4 Å². The van der Waals surface area contributed by atoms with E-state index in [1.165, 1.54) is 16.2 Å². The number of piperidine rings is 1. The smallest absolute Gasteiger partial charge is 0.275 e. The molecule has 2 aromatic carbocycles. The van der Waals surface area contributed by atoms with E-state index in [2.05, 4.69) is 21.7 Å². The molecule has 0 spiro atoms. The van der Waals surface area contributed by atoms with E-state index in [4.69, 9.17) is 0 Å². The van der Waals surface area contributed by atoms with E-state index in [1.54, 1.807) is 11.3 Å². The third kappa shape index (κ3) is 5.69. The second kappa shape index (κ2) is 11.0. The Kier molecular flexibility index (Phi) is 7.35. The lowest BCUT2D eigenvalue weighted by molar-refractivity contribution is -0.132. The number of aromatic nitrogens is 1. The summed E-state index contributed by atoms with van der Waals surface area (Å²) in [6, 6.07) is 21.9. The summed E-state index contributed by atoms with van der Waals surface area (Å²) in [5.41, 5.74) is 3.25. The van der Waals surface area contributed by atoms with Crippen LogP contribution in [0.15, 0.2) is 77.5 Å². The average molecular weight is 502 g/mol. The minimum Gasteiger partial charge on any atom is -0.343 e. The van der Waals surface area contributed by atoms with Crippen LogP contribution in [0.5, 0.6) is 0 Å². The number of para-hydroxylation sites is 1. The third-order valence-electron chi connectivity index (χ3n) is 6.38. The molecular formula is C28H27N3O2S2. The summed E-state index contributed by atoms with van der Waals surface area (Å²) in [6.45, 7) is 1.50. The van der Waals surface area contributed by atoms with Crippen LogP contribution in [0.4, 0.5) is 5.69 Å². The third-order valence-corrected chi connectivity index (χ3v) is 8.32. The zero-order valence-electron chi connectivity index (χ0n) is 19.4. The first-order valence-electron chi connectivity index (χ1n) is 11.9. The molecule has 3 heterocycles. The number of rotatable bonds is 7. The molecule has 0 radical (unpaired) electrons. The van der Waals surface area contributed by atoms with Gasteiger partial charge in [-0.2, -0.15) is 0 Å². The number of hydrogen-bond donors (Lipinski definition) is 1. The van der Waals surface area contributed by atoms with E-state index >= 15 is 0 Å². The number of carbonyl (C=O) groups excluding carboxylic acids is 2. The van der Waals surface area contributed by atoms with Gasteiger partial charge in [-0.25, -0.2) is 4.98 Å². The van der Waals surface area contributed by atoms with Gasteiger partial charge in [0, 0.05) is 46.9 Å². The van der Waals surface area contributed by atoms with Crippen LogP contribution in [0.2, 0.25) is 0 Å². The maximum Gasteiger partial charge on any atom is 0.275 e. The van der Waals surface area contributed by atoms with Gasteiger partial charge in [-0.05, 0) is 42.3 Å². The molecule has 2 amide bonds. The lowest BCUT2D eigenvalue weighted by atomic mass is 9.97. The standard InChI is InChI=1S/C28H27N3O2S2/c32-26(13-12-22-9-6-18-34-22)31-16-14-21(15-17-31)28-30-25(19-35-28)27(33)29-24-11-5-4-10-23(24)20-7-2-1-3-8-20/h1-11,18-19,21H,12-17H2,(H,29,33). The summed E-state index contributed by atoms with van der Waals surface area (Å²) in [7, 11) is 0. The van der Waals surface area contributed by atoms with Gasteiger partial charge in [-0.1, -0.05) is 54.6 Å². The molecule has 0 unspecified atom stereocenters. The molecule has 2 aromatic heterocycles. The van der Waals surface area contributed by atoms with E-state index in [1.807, 2.05) is 70.9 Å². The summed E-state index contributed by atoms with van der Waals surface area (Å²) in [4.78, 5) is 33.5. The van der Waals surface area contributed by atoms with E-state index in [-0.39, 0.29) is 11.8 Å². The van der Waals surface area contributed by atoms with Crippen LogP contribution in [0.1, 0.15) is 45.6 Å². The van der Waals surface area contributed by atoms with E-state index < -0.39 is 0 Å². The Morgan fingerprint density at radius 1 is 0.943 bits per heavy atom. The van der Waals surface area contributed by atoms with Gasteiger partial charge in [-0.15, -0.1) is 22.7 Å². The predicted octanol–water partition coefficient (Wildman–Crippen LogP) is 6.46. The highest BCUT2D eigenvalue weighted by Gasteiger charge is 2.26. The number of thiazole rings is 1. The van der Waals surface area contributed by atoms with Gasteiger partial charge in [0.15, 0.2) is 0 Å². The molecule has 4 aromatic rings. The first-order chi connectivity index (χ1) is 17.2. The number of likely N-dealkylation sites (tertiary alicyclic amines) is 1. The van der Waals surface area contributed by atoms with E-state index in [9.17, 15) is 9.59 Å². The molecule has 1 N–H and O–H groups in total. The molecule has 5 rings (SSSR count). The Morgan fingerprint density at radius 2 is 1.71 bits per heavy atom. The van der Waals surface area contributed by atoms with Crippen molar-refractivity contribution in [2.24, 2.45) is 0 Å². The van der Waals surface area contributed by atoms with Crippen molar-refractivity contribution < 1.29 is 9.59 Å². The number of thiophene rings is 1. The van der Waals surface area contributed by atoms with Crippen LogP contribution in [0, 0.1) is 0 Å². The molecule has 0 atom stereocenters. The average Bonchev–Trinajstić information content (AvgIpc) is 3.61. The van der Waals surface area contributed by atoms with Gasteiger partial charge >= 0.3 is 0 Å². The van der Waals surface area contributed by atoms with E-state index in [0.29, 0.717) is 18.0 Å². The number of anilines is 1. The van der Waals surface area contributed by atoms with Gasteiger partial charge in [0.05, 0.1) is 5.01 Å². The maximum absolute atomic E-state index is 13.0. The Balaban J connectivity index is 1.17. The van der Waals surface area contributed by atoms with Crippen LogP contribution in [-0.2, 0) is 11.2 Å². The van der Waals surface area contributed by atoms with Gasteiger partial charge < -0.3 is 10.2 Å². The Hall–Kier alpha value is -3.29. The molecule has 1 fully saturated rings. The van der Waals surface area contributed by atoms with Crippen LogP contribution in [-0.4, -0.2) is 34.8 Å². The second-order valence-electron chi connectivity index (χ2n) is 8.67. The number of nitrogens with zero attached hydrogens (tertiary/aromatic N) is 2. The normalized spacial score (nSPS) is 14.1. The SMILES string of the molecule is O=C(Nc1ccccc1-c1ccccc1)c1csc(C2CCN(C(=O)CCc3cccs3)CC2)n1. The van der Waals surface area contributed by atoms with Crippen LogP contribution in [0.25, 0.3) is 11.1 Å². The monoisotopic (exact) mass is 501 g/mol. The second-order valence-corrected chi connectivity index (χ2v) is 10.6. The van der Waals surface area contributed by atoms with Gasteiger partial charge in [-0.3, -0.25) is 9.59 Å². The van der Waals surface area contributed by atoms with Crippen molar-refractivity contribution >= 4 is 40.2 Å². The first kappa shape index (κ1) is 23.5. The summed E-state index contributed by atoms with van der Waals surface area (Å²) in [5.74, 6) is 0.324. The van der Waals surface area contributed by atoms with Crippen LogP contribution >= 0.6 is 22.7 Å². The molecular weight excluding hydrogens is 474 g/mol. The lowest BCUT2D eigenvalue weighted by Gasteiger charge is -2.31. The lowest BCUT2D eigenvalue weighted by Crippen LogP contribution is -2.38. The van der Waals surface area contributed by atoms with Gasteiger partial charge in [0.2, 0.25) is 5.91 Å². The van der Waals surface area contributed by atoms with Crippen molar-refractivity contribution in [3.8, 4) is 11.1 Å².